The van der Waals surface area contributed by atoms with Crippen LogP contribution in [0.4, 0.5) is 0 Å². The van der Waals surface area contributed by atoms with Crippen molar-refractivity contribution in [2.45, 2.75) is 26.5 Å². The van der Waals surface area contributed by atoms with Crippen LogP contribution < -0.4 is 4.74 Å². The Morgan fingerprint density at radius 1 is 1.25 bits per heavy atom. The van der Waals surface area contributed by atoms with E-state index in [4.69, 9.17) is 16.3 Å². The van der Waals surface area contributed by atoms with Gasteiger partial charge in [0.05, 0.1) is 0 Å². The first kappa shape index (κ1) is 14.8. The maximum atomic E-state index is 10.9. The standard InChI is InChI=1S/C14H18ClN3O2/c1-13(2,3)14(19,18-10-16-9-17-18)8-20-12-6-4-11(15)5-7-12/h4-7,9-10,19H,8H2,1-3H3. The molecular formula is C14H18ClN3O2. The lowest BCUT2D eigenvalue weighted by Gasteiger charge is -2.39. The van der Waals surface area contributed by atoms with Gasteiger partial charge in [-0.1, -0.05) is 32.4 Å². The van der Waals surface area contributed by atoms with E-state index in [0.717, 1.165) is 0 Å². The predicted molar refractivity (Wildman–Crippen MR) is 76.6 cm³/mol. The third kappa shape index (κ3) is 2.94. The molecule has 20 heavy (non-hydrogen) atoms. The number of ether oxygens (including phenoxy) is 1. The van der Waals surface area contributed by atoms with Crippen molar-refractivity contribution in [1.82, 2.24) is 14.8 Å². The van der Waals surface area contributed by atoms with E-state index in [1.165, 1.54) is 17.3 Å². The molecule has 6 heteroatoms. The molecule has 1 aromatic carbocycles. The number of nitrogens with zero attached hydrogens (tertiary/aromatic N) is 3. The van der Waals surface area contributed by atoms with Gasteiger partial charge in [0.2, 0.25) is 0 Å². The minimum absolute atomic E-state index is 0.0570. The van der Waals surface area contributed by atoms with Gasteiger partial charge >= 0.3 is 0 Å². The summed E-state index contributed by atoms with van der Waals surface area (Å²) in [6.45, 7) is 5.81. The molecule has 108 valence electrons. The van der Waals surface area contributed by atoms with Crippen LogP contribution in [-0.2, 0) is 5.72 Å². The zero-order valence-corrected chi connectivity index (χ0v) is 12.5. The van der Waals surface area contributed by atoms with Crippen LogP contribution in [0.1, 0.15) is 20.8 Å². The third-order valence-electron chi connectivity index (χ3n) is 3.25. The van der Waals surface area contributed by atoms with Crippen LogP contribution in [0, 0.1) is 5.41 Å². The molecule has 0 fully saturated rings. The van der Waals surface area contributed by atoms with Crippen molar-refractivity contribution in [1.29, 1.82) is 0 Å². The van der Waals surface area contributed by atoms with Gasteiger partial charge in [0.1, 0.15) is 25.0 Å². The molecule has 5 nitrogen and oxygen atoms in total. The number of rotatable bonds is 4. The number of halogens is 1. The van der Waals surface area contributed by atoms with E-state index in [-0.39, 0.29) is 6.61 Å². The lowest BCUT2D eigenvalue weighted by Crippen LogP contribution is -2.50. The van der Waals surface area contributed by atoms with Gasteiger partial charge in [-0.05, 0) is 24.3 Å². The Morgan fingerprint density at radius 3 is 2.40 bits per heavy atom. The average molecular weight is 296 g/mol. The molecule has 1 aromatic heterocycles. The van der Waals surface area contributed by atoms with Gasteiger partial charge < -0.3 is 9.84 Å². The first-order valence-electron chi connectivity index (χ1n) is 6.29. The zero-order valence-electron chi connectivity index (χ0n) is 11.7. The molecular weight excluding hydrogens is 278 g/mol. The van der Waals surface area contributed by atoms with Crippen LogP contribution >= 0.6 is 11.6 Å². The Hall–Kier alpha value is -1.59. The Morgan fingerprint density at radius 2 is 1.90 bits per heavy atom. The lowest BCUT2D eigenvalue weighted by atomic mass is 9.83. The summed E-state index contributed by atoms with van der Waals surface area (Å²) < 4.78 is 7.10. The fraction of sp³-hybridized carbons (Fsp3) is 0.429. The SMILES string of the molecule is CC(C)(C)C(O)(COc1ccc(Cl)cc1)n1cncn1. The van der Waals surface area contributed by atoms with E-state index < -0.39 is 11.1 Å². The first-order valence-corrected chi connectivity index (χ1v) is 6.66. The van der Waals surface area contributed by atoms with Gasteiger partial charge in [0.25, 0.3) is 0 Å². The molecule has 0 aliphatic carbocycles. The molecule has 0 saturated carbocycles. The molecule has 2 rings (SSSR count). The Bertz CT molecular complexity index is 549. The molecule has 0 radical (unpaired) electrons. The second kappa shape index (κ2) is 5.42. The zero-order chi connectivity index (χ0) is 14.8. The molecule has 0 bridgehead atoms. The second-order valence-corrected chi connectivity index (χ2v) is 6.09. The molecule has 2 aromatic rings. The van der Waals surface area contributed by atoms with E-state index in [1.807, 2.05) is 20.8 Å². The molecule has 0 amide bonds. The number of hydrogen-bond acceptors (Lipinski definition) is 4. The Labute approximate surface area is 123 Å². The van der Waals surface area contributed by atoms with Crippen molar-refractivity contribution < 1.29 is 9.84 Å². The quantitative estimate of drug-likeness (QED) is 0.942. The summed E-state index contributed by atoms with van der Waals surface area (Å²) in [6, 6.07) is 6.99. The normalized spacial score (nSPS) is 14.8. The molecule has 0 spiro atoms. The van der Waals surface area contributed by atoms with Crippen molar-refractivity contribution in [3.63, 3.8) is 0 Å². The monoisotopic (exact) mass is 295 g/mol. The predicted octanol–water partition coefficient (Wildman–Crippen LogP) is 2.70. The Balaban J connectivity index is 2.20. The minimum atomic E-state index is -1.30. The summed E-state index contributed by atoms with van der Waals surface area (Å²) >= 11 is 5.83. The summed E-state index contributed by atoms with van der Waals surface area (Å²) in [5.74, 6) is 0.636. The van der Waals surface area contributed by atoms with Crippen LogP contribution in [0.25, 0.3) is 0 Å². The number of benzene rings is 1. The van der Waals surface area contributed by atoms with Crippen LogP contribution in [0.2, 0.25) is 5.02 Å². The van der Waals surface area contributed by atoms with Crippen LogP contribution in [-0.4, -0.2) is 26.5 Å². The fourth-order valence-corrected chi connectivity index (χ4v) is 1.87. The van der Waals surface area contributed by atoms with E-state index >= 15 is 0 Å². The lowest BCUT2D eigenvalue weighted by molar-refractivity contribution is -0.161. The highest BCUT2D eigenvalue weighted by atomic mass is 35.5. The van der Waals surface area contributed by atoms with Gasteiger partial charge in [-0.25, -0.2) is 9.67 Å². The highest BCUT2D eigenvalue weighted by molar-refractivity contribution is 6.30. The minimum Gasteiger partial charge on any atom is -0.488 e. The summed E-state index contributed by atoms with van der Waals surface area (Å²) in [4.78, 5) is 3.89. The van der Waals surface area contributed by atoms with Gasteiger partial charge in [-0.3, -0.25) is 0 Å². The maximum absolute atomic E-state index is 10.9. The second-order valence-electron chi connectivity index (χ2n) is 5.65. The number of aromatic nitrogens is 3. The maximum Gasteiger partial charge on any atom is 0.198 e. The van der Waals surface area contributed by atoms with Crippen molar-refractivity contribution in [3.05, 3.63) is 41.9 Å². The molecule has 1 unspecified atom stereocenters. The topological polar surface area (TPSA) is 60.2 Å². The van der Waals surface area contributed by atoms with Gasteiger partial charge in [-0.2, -0.15) is 5.10 Å². The summed E-state index contributed by atoms with van der Waals surface area (Å²) in [6.07, 6.45) is 2.87. The molecule has 0 aliphatic heterocycles. The first-order chi connectivity index (χ1) is 9.33. The van der Waals surface area contributed by atoms with Crippen LogP contribution in [0.15, 0.2) is 36.9 Å². The number of aliphatic hydroxyl groups is 1. The molecule has 1 heterocycles. The van der Waals surface area contributed by atoms with Crippen LogP contribution in [0.3, 0.4) is 0 Å². The van der Waals surface area contributed by atoms with E-state index in [9.17, 15) is 5.11 Å². The highest BCUT2D eigenvalue weighted by Crippen LogP contribution is 2.34. The molecule has 1 N–H and O–H groups in total. The third-order valence-corrected chi connectivity index (χ3v) is 3.50. The van der Waals surface area contributed by atoms with Crippen molar-refractivity contribution >= 4 is 11.6 Å². The van der Waals surface area contributed by atoms with Crippen molar-refractivity contribution in [2.75, 3.05) is 6.61 Å². The average Bonchev–Trinajstić information content (AvgIpc) is 2.90. The van der Waals surface area contributed by atoms with Gasteiger partial charge in [0, 0.05) is 10.4 Å². The Kier molecular flexibility index (Phi) is 4.01. The van der Waals surface area contributed by atoms with Crippen molar-refractivity contribution in [3.8, 4) is 5.75 Å². The molecule has 0 saturated heterocycles. The van der Waals surface area contributed by atoms with E-state index in [1.54, 1.807) is 24.3 Å². The summed E-state index contributed by atoms with van der Waals surface area (Å²) in [5, 5.41) is 15.6. The molecule has 1 atom stereocenters. The highest BCUT2D eigenvalue weighted by Gasteiger charge is 2.43. The smallest absolute Gasteiger partial charge is 0.198 e. The summed E-state index contributed by atoms with van der Waals surface area (Å²) in [7, 11) is 0. The largest absolute Gasteiger partial charge is 0.488 e. The van der Waals surface area contributed by atoms with Gasteiger partial charge in [-0.15, -0.1) is 0 Å². The van der Waals surface area contributed by atoms with E-state index in [2.05, 4.69) is 10.1 Å². The number of hydrogen-bond donors (Lipinski definition) is 1. The van der Waals surface area contributed by atoms with Crippen LogP contribution in [0.5, 0.6) is 5.75 Å². The van der Waals surface area contributed by atoms with Gasteiger partial charge in [0.15, 0.2) is 5.72 Å². The summed E-state index contributed by atoms with van der Waals surface area (Å²) in [5.41, 5.74) is -1.78. The fourth-order valence-electron chi connectivity index (χ4n) is 1.74. The van der Waals surface area contributed by atoms with Crippen molar-refractivity contribution in [2.24, 2.45) is 5.41 Å². The molecule has 0 aliphatic rings. The van der Waals surface area contributed by atoms with E-state index in [0.29, 0.717) is 10.8 Å².